The van der Waals surface area contributed by atoms with E-state index in [9.17, 15) is 4.79 Å². The summed E-state index contributed by atoms with van der Waals surface area (Å²) in [7, 11) is 0. The lowest BCUT2D eigenvalue weighted by Gasteiger charge is -2.19. The van der Waals surface area contributed by atoms with Crippen LogP contribution in [0, 0.1) is 11.8 Å². The van der Waals surface area contributed by atoms with Crippen LogP contribution >= 0.6 is 0 Å². The predicted octanol–water partition coefficient (Wildman–Crippen LogP) is 2.76. The summed E-state index contributed by atoms with van der Waals surface area (Å²) in [4.78, 5) is 12.9. The third kappa shape index (κ3) is 4.25. The number of carbonyl (C=O) groups excluding carboxylic acids is 1. The van der Waals surface area contributed by atoms with Gasteiger partial charge in [0, 0.05) is 6.04 Å². The van der Waals surface area contributed by atoms with Crippen LogP contribution in [0.2, 0.25) is 0 Å². The lowest BCUT2D eigenvalue weighted by Crippen LogP contribution is -2.40. The van der Waals surface area contributed by atoms with Crippen LogP contribution in [0.25, 0.3) is 5.69 Å². The minimum atomic E-state index is -0.191. The minimum absolute atomic E-state index is 0.118. The molecule has 6 nitrogen and oxygen atoms in total. The van der Waals surface area contributed by atoms with E-state index < -0.39 is 0 Å². The molecule has 3 rings (SSSR count). The molecule has 1 aromatic carbocycles. The first kappa shape index (κ1) is 18.5. The standard InChI is InChI=1S/C20H28N4O2/c1-14(2)13-26-18-12-24(16-8-4-3-5-9-16)23-19(18)20(25)22-17-10-6-7-15(17)11-21/h3-5,8-9,12,14-15,17H,6-7,10-11,13,21H2,1-2H3,(H,22,25). The Kier molecular flexibility index (Phi) is 5.93. The Balaban J connectivity index is 1.83. The fourth-order valence-electron chi connectivity index (χ4n) is 3.34. The Bertz CT molecular complexity index is 727. The van der Waals surface area contributed by atoms with Crippen LogP contribution in [0.3, 0.4) is 0 Å². The molecule has 1 aliphatic carbocycles. The molecular formula is C20H28N4O2. The summed E-state index contributed by atoms with van der Waals surface area (Å²) in [5.74, 6) is 1.03. The molecule has 140 valence electrons. The summed E-state index contributed by atoms with van der Waals surface area (Å²) >= 11 is 0. The van der Waals surface area contributed by atoms with Gasteiger partial charge in [0.25, 0.3) is 5.91 Å². The van der Waals surface area contributed by atoms with Gasteiger partial charge >= 0.3 is 0 Å². The third-order valence-corrected chi connectivity index (χ3v) is 4.77. The lowest BCUT2D eigenvalue weighted by molar-refractivity contribution is 0.0918. The summed E-state index contributed by atoms with van der Waals surface area (Å²) in [6, 6.07) is 9.84. The number of benzene rings is 1. The van der Waals surface area contributed by atoms with Gasteiger partial charge in [0.15, 0.2) is 11.4 Å². The second-order valence-electron chi connectivity index (χ2n) is 7.33. The average Bonchev–Trinajstić information content (AvgIpc) is 3.27. The van der Waals surface area contributed by atoms with Crippen LogP contribution < -0.4 is 15.8 Å². The first-order chi connectivity index (χ1) is 12.6. The maximum Gasteiger partial charge on any atom is 0.275 e. The molecule has 0 bridgehead atoms. The molecule has 0 spiro atoms. The van der Waals surface area contributed by atoms with Gasteiger partial charge in [0.2, 0.25) is 0 Å². The molecule has 1 fully saturated rings. The fourth-order valence-corrected chi connectivity index (χ4v) is 3.34. The fraction of sp³-hybridized carbons (Fsp3) is 0.500. The molecule has 1 saturated carbocycles. The van der Waals surface area contributed by atoms with Crippen molar-refractivity contribution in [2.75, 3.05) is 13.2 Å². The molecule has 1 aromatic heterocycles. The summed E-state index contributed by atoms with van der Waals surface area (Å²) in [6.07, 6.45) is 4.91. The third-order valence-electron chi connectivity index (χ3n) is 4.77. The number of amides is 1. The highest BCUT2D eigenvalue weighted by Gasteiger charge is 2.29. The highest BCUT2D eigenvalue weighted by molar-refractivity contribution is 5.95. The maximum atomic E-state index is 12.9. The van der Waals surface area contributed by atoms with Gasteiger partial charge in [0.1, 0.15) is 0 Å². The lowest BCUT2D eigenvalue weighted by atomic mass is 10.0. The van der Waals surface area contributed by atoms with Gasteiger partial charge in [-0.1, -0.05) is 38.5 Å². The maximum absolute atomic E-state index is 12.9. The number of ether oxygens (including phenoxy) is 1. The second kappa shape index (κ2) is 8.36. The van der Waals surface area contributed by atoms with Crippen molar-refractivity contribution in [2.45, 2.75) is 39.2 Å². The van der Waals surface area contributed by atoms with Crippen molar-refractivity contribution in [1.82, 2.24) is 15.1 Å². The molecule has 2 unspecified atom stereocenters. The highest BCUT2D eigenvalue weighted by Crippen LogP contribution is 2.26. The molecule has 3 N–H and O–H groups in total. The van der Waals surface area contributed by atoms with Gasteiger partial charge in [-0.25, -0.2) is 4.68 Å². The molecule has 2 atom stereocenters. The number of para-hydroxylation sites is 1. The largest absolute Gasteiger partial charge is 0.489 e. The van der Waals surface area contributed by atoms with Crippen LogP contribution in [0.1, 0.15) is 43.6 Å². The van der Waals surface area contributed by atoms with Crippen molar-refractivity contribution >= 4 is 5.91 Å². The van der Waals surface area contributed by atoms with E-state index in [1.54, 1.807) is 10.9 Å². The summed E-state index contributed by atoms with van der Waals surface area (Å²) in [5, 5.41) is 7.61. The molecule has 0 radical (unpaired) electrons. The number of aromatic nitrogens is 2. The Hall–Kier alpha value is -2.34. The highest BCUT2D eigenvalue weighted by atomic mass is 16.5. The van der Waals surface area contributed by atoms with Crippen LogP contribution in [-0.4, -0.2) is 34.9 Å². The van der Waals surface area contributed by atoms with E-state index in [-0.39, 0.29) is 11.9 Å². The predicted molar refractivity (Wildman–Crippen MR) is 102 cm³/mol. The van der Waals surface area contributed by atoms with E-state index in [2.05, 4.69) is 24.3 Å². The zero-order chi connectivity index (χ0) is 18.5. The SMILES string of the molecule is CC(C)COc1cn(-c2ccccc2)nc1C(=O)NC1CCCC1CN. The van der Waals surface area contributed by atoms with Crippen molar-refractivity contribution in [1.29, 1.82) is 0 Å². The molecule has 0 saturated heterocycles. The Labute approximate surface area is 154 Å². The first-order valence-electron chi connectivity index (χ1n) is 9.37. The van der Waals surface area contributed by atoms with Crippen molar-refractivity contribution in [3.8, 4) is 11.4 Å². The minimum Gasteiger partial charge on any atom is -0.489 e. The number of rotatable bonds is 7. The van der Waals surface area contributed by atoms with Gasteiger partial charge in [-0.05, 0) is 43.4 Å². The van der Waals surface area contributed by atoms with Crippen molar-refractivity contribution in [3.63, 3.8) is 0 Å². The van der Waals surface area contributed by atoms with E-state index in [0.29, 0.717) is 36.4 Å². The van der Waals surface area contributed by atoms with E-state index in [1.165, 1.54) is 0 Å². The Morgan fingerprint density at radius 3 is 2.81 bits per heavy atom. The Morgan fingerprint density at radius 2 is 2.12 bits per heavy atom. The summed E-state index contributed by atoms with van der Waals surface area (Å²) in [5.41, 5.74) is 7.06. The summed E-state index contributed by atoms with van der Waals surface area (Å²) in [6.45, 7) is 5.28. The van der Waals surface area contributed by atoms with Crippen LogP contribution in [0.15, 0.2) is 36.5 Å². The molecule has 2 aromatic rings. The number of hydrogen-bond donors (Lipinski definition) is 2. The van der Waals surface area contributed by atoms with Crippen LogP contribution in [0.5, 0.6) is 5.75 Å². The molecule has 26 heavy (non-hydrogen) atoms. The van der Waals surface area contributed by atoms with Crippen molar-refractivity contribution < 1.29 is 9.53 Å². The number of carbonyl (C=O) groups is 1. The van der Waals surface area contributed by atoms with Crippen LogP contribution in [-0.2, 0) is 0 Å². The molecule has 0 aliphatic heterocycles. The number of hydrogen-bond acceptors (Lipinski definition) is 4. The zero-order valence-electron chi connectivity index (χ0n) is 15.5. The van der Waals surface area contributed by atoms with Gasteiger partial charge < -0.3 is 15.8 Å². The Morgan fingerprint density at radius 1 is 1.35 bits per heavy atom. The molecule has 1 aliphatic rings. The van der Waals surface area contributed by atoms with Crippen molar-refractivity contribution in [3.05, 3.63) is 42.2 Å². The molecular weight excluding hydrogens is 328 g/mol. The van der Waals surface area contributed by atoms with E-state index in [4.69, 9.17) is 10.5 Å². The summed E-state index contributed by atoms with van der Waals surface area (Å²) < 4.78 is 7.56. The molecule has 1 heterocycles. The molecule has 6 heteroatoms. The first-order valence-corrected chi connectivity index (χ1v) is 9.37. The van der Waals surface area contributed by atoms with Crippen molar-refractivity contribution in [2.24, 2.45) is 17.6 Å². The quantitative estimate of drug-likeness (QED) is 0.799. The smallest absolute Gasteiger partial charge is 0.275 e. The van der Waals surface area contributed by atoms with Gasteiger partial charge in [-0.3, -0.25) is 4.79 Å². The van der Waals surface area contributed by atoms with Gasteiger partial charge in [0.05, 0.1) is 18.5 Å². The zero-order valence-corrected chi connectivity index (χ0v) is 15.5. The number of nitrogens with two attached hydrogens (primary N) is 1. The normalized spacial score (nSPS) is 19.7. The topological polar surface area (TPSA) is 82.2 Å². The van der Waals surface area contributed by atoms with E-state index >= 15 is 0 Å². The van der Waals surface area contributed by atoms with E-state index in [0.717, 1.165) is 24.9 Å². The van der Waals surface area contributed by atoms with E-state index in [1.807, 2.05) is 30.3 Å². The average molecular weight is 356 g/mol. The van der Waals surface area contributed by atoms with Gasteiger partial charge in [-0.15, -0.1) is 0 Å². The molecule has 1 amide bonds. The number of nitrogens with one attached hydrogen (secondary N) is 1. The van der Waals surface area contributed by atoms with Gasteiger partial charge in [-0.2, -0.15) is 5.10 Å². The van der Waals surface area contributed by atoms with Crippen LogP contribution in [0.4, 0.5) is 0 Å². The second-order valence-corrected chi connectivity index (χ2v) is 7.33. The monoisotopic (exact) mass is 356 g/mol. The number of nitrogens with zero attached hydrogens (tertiary/aromatic N) is 2.